The average Bonchev–Trinajstić information content (AvgIpc) is 3.37. The summed E-state index contributed by atoms with van der Waals surface area (Å²) in [5, 5.41) is 11.8. The Balaban J connectivity index is 1.73. The zero-order valence-electron chi connectivity index (χ0n) is 17.2. The number of nitrogens with zero attached hydrogens (tertiary/aromatic N) is 3. The van der Waals surface area contributed by atoms with Gasteiger partial charge in [-0.1, -0.05) is 35.1 Å². The van der Waals surface area contributed by atoms with Crippen LogP contribution < -0.4 is 9.64 Å². The van der Waals surface area contributed by atoms with Crippen LogP contribution in [0.3, 0.4) is 0 Å². The fraction of sp³-hybridized carbons (Fsp3) is 0.0833. The molecular weight excluding hydrogens is 462 g/mol. The Bertz CT molecular complexity index is 1430. The quantitative estimate of drug-likeness (QED) is 0.253. The number of pyridine rings is 1. The van der Waals surface area contributed by atoms with Gasteiger partial charge in [0.1, 0.15) is 11.5 Å². The van der Waals surface area contributed by atoms with Crippen molar-refractivity contribution < 1.29 is 19.4 Å². The summed E-state index contributed by atoms with van der Waals surface area (Å²) in [5.74, 6) is -1.21. The molecule has 1 N–H and O–H groups in total. The third-order valence-electron chi connectivity index (χ3n) is 5.35. The molecule has 0 spiro atoms. The summed E-state index contributed by atoms with van der Waals surface area (Å²) in [6.45, 7) is 0. The molecule has 33 heavy (non-hydrogen) atoms. The molecule has 7 nitrogen and oxygen atoms in total. The van der Waals surface area contributed by atoms with Gasteiger partial charge in [-0.3, -0.25) is 19.5 Å². The first-order chi connectivity index (χ1) is 16.0. The maximum absolute atomic E-state index is 13.2. The number of ether oxygens (including phenoxy) is 1. The maximum Gasteiger partial charge on any atom is 0.301 e. The van der Waals surface area contributed by atoms with Gasteiger partial charge in [0.15, 0.2) is 5.13 Å². The summed E-state index contributed by atoms with van der Waals surface area (Å²) in [5.41, 5.74) is 1.58. The van der Waals surface area contributed by atoms with Gasteiger partial charge in [0.25, 0.3) is 5.78 Å². The van der Waals surface area contributed by atoms with Gasteiger partial charge >= 0.3 is 5.91 Å². The first kappa shape index (κ1) is 21.1. The van der Waals surface area contributed by atoms with Crippen LogP contribution in [0.5, 0.6) is 5.75 Å². The topological polar surface area (TPSA) is 92.6 Å². The molecule has 1 aliphatic rings. The molecule has 1 aliphatic heterocycles. The number of aliphatic hydroxyl groups is 1. The molecule has 3 heterocycles. The van der Waals surface area contributed by atoms with Crippen LogP contribution in [-0.2, 0) is 9.59 Å². The number of hydrogen-bond donors (Lipinski definition) is 1. The highest BCUT2D eigenvalue weighted by atomic mass is 35.5. The number of aliphatic hydroxyl groups excluding tert-OH is 1. The summed E-state index contributed by atoms with van der Waals surface area (Å²) in [7, 11) is 1.57. The largest absolute Gasteiger partial charge is 0.507 e. The van der Waals surface area contributed by atoms with E-state index in [1.165, 1.54) is 28.6 Å². The van der Waals surface area contributed by atoms with Crippen LogP contribution in [0.1, 0.15) is 17.2 Å². The van der Waals surface area contributed by atoms with Crippen molar-refractivity contribution in [1.82, 2.24) is 9.97 Å². The van der Waals surface area contributed by atoms with Crippen molar-refractivity contribution in [2.45, 2.75) is 6.04 Å². The van der Waals surface area contributed by atoms with E-state index in [1.54, 1.807) is 55.6 Å². The number of amides is 1. The van der Waals surface area contributed by atoms with E-state index in [4.69, 9.17) is 16.3 Å². The Morgan fingerprint density at radius 3 is 2.64 bits per heavy atom. The van der Waals surface area contributed by atoms with Gasteiger partial charge in [-0.15, -0.1) is 0 Å². The zero-order chi connectivity index (χ0) is 23.1. The number of thiazole rings is 1. The molecule has 0 radical (unpaired) electrons. The van der Waals surface area contributed by atoms with Crippen molar-refractivity contribution >= 4 is 55.7 Å². The van der Waals surface area contributed by atoms with Crippen molar-refractivity contribution in [3.63, 3.8) is 0 Å². The molecule has 5 rings (SSSR count). The maximum atomic E-state index is 13.2. The minimum Gasteiger partial charge on any atom is -0.507 e. The van der Waals surface area contributed by atoms with E-state index in [0.29, 0.717) is 32.5 Å². The molecule has 1 atom stereocenters. The number of carbonyl (C=O) groups excluding carboxylic acids is 2. The Labute approximate surface area is 197 Å². The number of rotatable bonds is 4. The number of methoxy groups -OCH3 is 1. The summed E-state index contributed by atoms with van der Waals surface area (Å²) in [6, 6.07) is 14.5. The van der Waals surface area contributed by atoms with Gasteiger partial charge in [-0.05, 0) is 48.0 Å². The van der Waals surface area contributed by atoms with Gasteiger partial charge in [-0.25, -0.2) is 4.98 Å². The van der Waals surface area contributed by atoms with Gasteiger partial charge < -0.3 is 9.84 Å². The fourth-order valence-electron chi connectivity index (χ4n) is 3.81. The highest BCUT2D eigenvalue weighted by Crippen LogP contribution is 2.44. The minimum atomic E-state index is -0.903. The molecule has 4 aromatic rings. The lowest BCUT2D eigenvalue weighted by molar-refractivity contribution is -0.132. The highest BCUT2D eigenvalue weighted by molar-refractivity contribution is 7.22. The second-order valence-corrected chi connectivity index (χ2v) is 8.74. The van der Waals surface area contributed by atoms with Gasteiger partial charge in [0, 0.05) is 23.0 Å². The normalized spacial score (nSPS) is 17.6. The second-order valence-electron chi connectivity index (χ2n) is 7.29. The SMILES string of the molecule is COc1ccc2nc(N3C(=O)C(=O)C(=C(O)c4ccncc4)C3c3cccc(Cl)c3)sc2c1. The van der Waals surface area contributed by atoms with E-state index in [-0.39, 0.29) is 11.3 Å². The third-order valence-corrected chi connectivity index (χ3v) is 6.61. The summed E-state index contributed by atoms with van der Waals surface area (Å²) in [6.07, 6.45) is 3.00. The van der Waals surface area contributed by atoms with Gasteiger partial charge in [-0.2, -0.15) is 0 Å². The number of hydrogen-bond acceptors (Lipinski definition) is 7. The van der Waals surface area contributed by atoms with Crippen LogP contribution in [0, 0.1) is 0 Å². The molecule has 0 aliphatic carbocycles. The van der Waals surface area contributed by atoms with Crippen LogP contribution in [0.15, 0.2) is 72.6 Å². The van der Waals surface area contributed by atoms with Crippen LogP contribution in [-0.4, -0.2) is 33.9 Å². The molecule has 1 unspecified atom stereocenters. The third kappa shape index (κ3) is 3.63. The van der Waals surface area contributed by atoms with Crippen molar-refractivity contribution in [2.75, 3.05) is 12.0 Å². The Morgan fingerprint density at radius 2 is 1.91 bits per heavy atom. The summed E-state index contributed by atoms with van der Waals surface area (Å²) >= 11 is 7.49. The predicted octanol–water partition coefficient (Wildman–Crippen LogP) is 4.98. The lowest BCUT2D eigenvalue weighted by Crippen LogP contribution is -2.29. The van der Waals surface area contributed by atoms with Crippen LogP contribution in [0.25, 0.3) is 16.0 Å². The zero-order valence-corrected chi connectivity index (χ0v) is 18.8. The number of anilines is 1. The van der Waals surface area contributed by atoms with Crippen LogP contribution in [0.4, 0.5) is 5.13 Å². The summed E-state index contributed by atoms with van der Waals surface area (Å²) in [4.78, 5) is 36.3. The monoisotopic (exact) mass is 477 g/mol. The molecule has 2 aromatic carbocycles. The van der Waals surface area contributed by atoms with Crippen molar-refractivity contribution in [3.05, 3.63) is 88.7 Å². The molecule has 0 saturated carbocycles. The van der Waals surface area contributed by atoms with E-state index < -0.39 is 17.7 Å². The Hall–Kier alpha value is -3.75. The Morgan fingerprint density at radius 1 is 1.12 bits per heavy atom. The first-order valence-electron chi connectivity index (χ1n) is 9.89. The van der Waals surface area contributed by atoms with Crippen LogP contribution >= 0.6 is 22.9 Å². The second kappa shape index (κ2) is 8.31. The molecule has 164 valence electrons. The Kier molecular flexibility index (Phi) is 5.32. The smallest absolute Gasteiger partial charge is 0.301 e. The number of aromatic nitrogens is 2. The molecular formula is C24H16ClN3O4S. The molecule has 0 bridgehead atoms. The lowest BCUT2D eigenvalue weighted by atomic mass is 9.96. The molecule has 1 fully saturated rings. The standard InChI is InChI=1S/C24H16ClN3O4S/c1-32-16-5-6-17-18(12-16)33-24(27-17)28-20(14-3-2-4-15(25)11-14)19(22(30)23(28)31)21(29)13-7-9-26-10-8-13/h2-12,20,29H,1H3. The van der Waals surface area contributed by atoms with Crippen molar-refractivity contribution in [3.8, 4) is 5.75 Å². The first-order valence-corrected chi connectivity index (χ1v) is 11.1. The average molecular weight is 478 g/mol. The molecule has 1 amide bonds. The van der Waals surface area contributed by atoms with E-state index >= 15 is 0 Å². The van der Waals surface area contributed by atoms with Crippen molar-refractivity contribution in [1.29, 1.82) is 0 Å². The number of ketones is 1. The van der Waals surface area contributed by atoms with Crippen LogP contribution in [0.2, 0.25) is 5.02 Å². The number of fused-ring (bicyclic) bond motifs is 1. The number of halogens is 1. The summed E-state index contributed by atoms with van der Waals surface area (Å²) < 4.78 is 6.08. The molecule has 2 aromatic heterocycles. The van der Waals surface area contributed by atoms with Gasteiger partial charge in [0.05, 0.1) is 28.9 Å². The van der Waals surface area contributed by atoms with E-state index in [2.05, 4.69) is 9.97 Å². The van der Waals surface area contributed by atoms with E-state index in [0.717, 1.165) is 4.70 Å². The fourth-order valence-corrected chi connectivity index (χ4v) is 5.03. The van der Waals surface area contributed by atoms with E-state index in [9.17, 15) is 14.7 Å². The van der Waals surface area contributed by atoms with Crippen molar-refractivity contribution in [2.24, 2.45) is 0 Å². The van der Waals surface area contributed by atoms with Gasteiger partial charge in [0.2, 0.25) is 0 Å². The predicted molar refractivity (Wildman–Crippen MR) is 127 cm³/mol. The molecule has 9 heteroatoms. The minimum absolute atomic E-state index is 0.0368. The highest BCUT2D eigenvalue weighted by Gasteiger charge is 2.48. The molecule has 1 saturated heterocycles. The number of carbonyl (C=O) groups is 2. The van der Waals surface area contributed by atoms with E-state index in [1.807, 2.05) is 6.07 Å². The number of benzene rings is 2. The lowest BCUT2D eigenvalue weighted by Gasteiger charge is -2.23. The number of Topliss-reactive ketones (excluding diaryl/α,β-unsaturated/α-hetero) is 1.